The Balaban J connectivity index is 1.42. The van der Waals surface area contributed by atoms with Crippen LogP contribution in [0.4, 0.5) is 4.39 Å². The average Bonchev–Trinajstić information content (AvgIpc) is 3.27. The summed E-state index contributed by atoms with van der Waals surface area (Å²) in [6.07, 6.45) is 3.28. The van der Waals surface area contributed by atoms with Gasteiger partial charge in [0, 0.05) is 22.6 Å². The van der Waals surface area contributed by atoms with E-state index in [-0.39, 0.29) is 24.2 Å². The fraction of sp³-hybridized carbons (Fsp3) is 0.241. The van der Waals surface area contributed by atoms with E-state index in [1.54, 1.807) is 36.4 Å². The molecule has 1 aromatic heterocycles. The summed E-state index contributed by atoms with van der Waals surface area (Å²) in [7, 11) is 0. The second kappa shape index (κ2) is 10.6. The Kier molecular flexibility index (Phi) is 7.15. The quantitative estimate of drug-likeness (QED) is 0.267. The van der Waals surface area contributed by atoms with Crippen molar-refractivity contribution < 1.29 is 19.1 Å². The SMILES string of the molecule is O=C(O)CCCCc1nc2cc(C(=O)N[C@H]3CCc4cc(F)ccc43)ccc2nc1-c1ccc(Cl)cc1. The number of amides is 1. The van der Waals surface area contributed by atoms with Crippen molar-refractivity contribution in [3.8, 4) is 11.3 Å². The Labute approximate surface area is 218 Å². The minimum Gasteiger partial charge on any atom is -0.481 e. The van der Waals surface area contributed by atoms with E-state index >= 15 is 0 Å². The first-order valence-electron chi connectivity index (χ1n) is 12.2. The van der Waals surface area contributed by atoms with E-state index in [9.17, 15) is 14.0 Å². The molecule has 0 unspecified atom stereocenters. The molecule has 1 aliphatic rings. The van der Waals surface area contributed by atoms with E-state index < -0.39 is 5.97 Å². The van der Waals surface area contributed by atoms with Gasteiger partial charge in [0.05, 0.1) is 28.5 Å². The number of aromatic nitrogens is 2. The van der Waals surface area contributed by atoms with Crippen LogP contribution >= 0.6 is 11.6 Å². The average molecular weight is 518 g/mol. The predicted octanol–water partition coefficient (Wildman–Crippen LogP) is 6.30. The van der Waals surface area contributed by atoms with Crippen LogP contribution in [-0.2, 0) is 17.6 Å². The number of rotatable bonds is 8. The number of carboxylic acid groups (broad SMARTS) is 1. The molecule has 5 rings (SSSR count). The maximum Gasteiger partial charge on any atom is 0.303 e. The highest BCUT2D eigenvalue weighted by atomic mass is 35.5. The van der Waals surface area contributed by atoms with Crippen LogP contribution in [0.25, 0.3) is 22.3 Å². The molecular weight excluding hydrogens is 493 g/mol. The molecule has 1 heterocycles. The van der Waals surface area contributed by atoms with Crippen LogP contribution in [0.3, 0.4) is 0 Å². The lowest BCUT2D eigenvalue weighted by Crippen LogP contribution is -2.27. The third kappa shape index (κ3) is 5.62. The highest BCUT2D eigenvalue weighted by Gasteiger charge is 2.25. The second-order valence-electron chi connectivity index (χ2n) is 9.24. The van der Waals surface area contributed by atoms with Gasteiger partial charge in [-0.2, -0.15) is 0 Å². The Bertz CT molecular complexity index is 1490. The molecule has 0 radical (unpaired) electrons. The van der Waals surface area contributed by atoms with Crippen molar-refractivity contribution in [1.82, 2.24) is 15.3 Å². The van der Waals surface area contributed by atoms with Gasteiger partial charge < -0.3 is 10.4 Å². The molecule has 8 heteroatoms. The number of hydrogen-bond acceptors (Lipinski definition) is 4. The van der Waals surface area contributed by atoms with Gasteiger partial charge in [-0.3, -0.25) is 9.59 Å². The van der Waals surface area contributed by atoms with Gasteiger partial charge >= 0.3 is 5.97 Å². The maximum absolute atomic E-state index is 13.6. The third-order valence-electron chi connectivity index (χ3n) is 6.66. The Morgan fingerprint density at radius 2 is 1.81 bits per heavy atom. The van der Waals surface area contributed by atoms with Crippen molar-refractivity contribution in [2.24, 2.45) is 0 Å². The van der Waals surface area contributed by atoms with Crippen molar-refractivity contribution in [3.63, 3.8) is 0 Å². The predicted molar refractivity (Wildman–Crippen MR) is 140 cm³/mol. The summed E-state index contributed by atoms with van der Waals surface area (Å²) in [6, 6.07) is 17.1. The number of carboxylic acids is 1. The number of nitrogens with one attached hydrogen (secondary N) is 1. The number of benzene rings is 3. The van der Waals surface area contributed by atoms with Crippen molar-refractivity contribution in [1.29, 1.82) is 0 Å². The molecule has 188 valence electrons. The number of nitrogens with zero attached hydrogens (tertiary/aromatic N) is 2. The van der Waals surface area contributed by atoms with Crippen LogP contribution in [0.1, 0.15) is 58.9 Å². The molecule has 4 aromatic rings. The Hall–Kier alpha value is -3.84. The summed E-state index contributed by atoms with van der Waals surface area (Å²) in [5.74, 6) is -1.32. The fourth-order valence-electron chi connectivity index (χ4n) is 4.79. The summed E-state index contributed by atoms with van der Waals surface area (Å²) in [6.45, 7) is 0. The summed E-state index contributed by atoms with van der Waals surface area (Å²) in [4.78, 5) is 33.7. The molecular formula is C29H25ClFN3O3. The first-order valence-corrected chi connectivity index (χ1v) is 12.6. The topological polar surface area (TPSA) is 92.2 Å². The first-order chi connectivity index (χ1) is 17.9. The number of aryl methyl sites for hydroxylation is 2. The van der Waals surface area contributed by atoms with Crippen LogP contribution in [-0.4, -0.2) is 27.0 Å². The van der Waals surface area contributed by atoms with Crippen LogP contribution in [0.2, 0.25) is 5.02 Å². The van der Waals surface area contributed by atoms with Gasteiger partial charge in [0.2, 0.25) is 0 Å². The van der Waals surface area contributed by atoms with Gasteiger partial charge in [-0.15, -0.1) is 0 Å². The van der Waals surface area contributed by atoms with E-state index in [0.717, 1.165) is 35.2 Å². The lowest BCUT2D eigenvalue weighted by molar-refractivity contribution is -0.137. The number of carbonyl (C=O) groups excluding carboxylic acids is 1. The number of fused-ring (bicyclic) bond motifs is 2. The normalized spacial score (nSPS) is 14.5. The van der Waals surface area contributed by atoms with E-state index in [1.807, 2.05) is 12.1 Å². The van der Waals surface area contributed by atoms with Crippen molar-refractivity contribution >= 4 is 34.5 Å². The fourth-order valence-corrected chi connectivity index (χ4v) is 4.92. The summed E-state index contributed by atoms with van der Waals surface area (Å²) in [5, 5.41) is 12.7. The van der Waals surface area contributed by atoms with Gasteiger partial charge in [0.25, 0.3) is 5.91 Å². The van der Waals surface area contributed by atoms with Gasteiger partial charge in [0.15, 0.2) is 0 Å². The van der Waals surface area contributed by atoms with Crippen LogP contribution in [0.5, 0.6) is 0 Å². The van der Waals surface area contributed by atoms with E-state index in [0.29, 0.717) is 46.6 Å². The molecule has 0 aliphatic heterocycles. The van der Waals surface area contributed by atoms with Crippen LogP contribution in [0, 0.1) is 5.82 Å². The molecule has 0 saturated heterocycles. The van der Waals surface area contributed by atoms with Crippen LogP contribution < -0.4 is 5.32 Å². The highest BCUT2D eigenvalue weighted by molar-refractivity contribution is 6.30. The lowest BCUT2D eigenvalue weighted by atomic mass is 10.0. The van der Waals surface area contributed by atoms with Gasteiger partial charge in [-0.25, -0.2) is 14.4 Å². The third-order valence-corrected chi connectivity index (χ3v) is 6.91. The van der Waals surface area contributed by atoms with Crippen molar-refractivity contribution in [2.75, 3.05) is 0 Å². The molecule has 2 N–H and O–H groups in total. The summed E-state index contributed by atoms with van der Waals surface area (Å²) in [5.41, 5.74) is 5.91. The maximum atomic E-state index is 13.6. The summed E-state index contributed by atoms with van der Waals surface area (Å²) < 4.78 is 13.6. The Morgan fingerprint density at radius 3 is 2.59 bits per heavy atom. The number of unbranched alkanes of at least 4 members (excludes halogenated alkanes) is 1. The number of halogens is 2. The molecule has 1 atom stereocenters. The zero-order chi connectivity index (χ0) is 25.9. The minimum absolute atomic E-state index is 0.0958. The molecule has 3 aromatic carbocycles. The lowest BCUT2D eigenvalue weighted by Gasteiger charge is -2.15. The van der Waals surface area contributed by atoms with E-state index in [2.05, 4.69) is 5.32 Å². The number of aliphatic carboxylic acids is 1. The van der Waals surface area contributed by atoms with Gasteiger partial charge in [-0.1, -0.05) is 29.8 Å². The molecule has 0 fully saturated rings. The monoisotopic (exact) mass is 517 g/mol. The smallest absolute Gasteiger partial charge is 0.303 e. The zero-order valence-corrected chi connectivity index (χ0v) is 20.8. The largest absolute Gasteiger partial charge is 0.481 e. The number of hydrogen-bond donors (Lipinski definition) is 2. The van der Waals surface area contributed by atoms with Gasteiger partial charge in [0.1, 0.15) is 5.82 Å². The van der Waals surface area contributed by atoms with E-state index in [1.165, 1.54) is 12.1 Å². The molecule has 6 nitrogen and oxygen atoms in total. The van der Waals surface area contributed by atoms with E-state index in [4.69, 9.17) is 26.7 Å². The van der Waals surface area contributed by atoms with Gasteiger partial charge in [-0.05, 0) is 85.7 Å². The molecule has 37 heavy (non-hydrogen) atoms. The second-order valence-corrected chi connectivity index (χ2v) is 9.67. The molecule has 0 spiro atoms. The van der Waals surface area contributed by atoms with Crippen molar-refractivity contribution in [3.05, 3.63) is 93.9 Å². The molecule has 1 amide bonds. The zero-order valence-electron chi connectivity index (χ0n) is 20.0. The molecule has 0 bridgehead atoms. The van der Waals surface area contributed by atoms with Crippen molar-refractivity contribution in [2.45, 2.75) is 44.6 Å². The van der Waals surface area contributed by atoms with Crippen LogP contribution in [0.15, 0.2) is 60.7 Å². The highest BCUT2D eigenvalue weighted by Crippen LogP contribution is 2.32. The minimum atomic E-state index is -0.826. The number of carbonyl (C=O) groups is 2. The molecule has 1 aliphatic carbocycles. The standard InChI is InChI=1S/C29H25ClFN3O3/c30-20-9-5-17(6-10-20)28-25(3-1-2-4-27(35)36)32-26-16-19(8-14-24(26)33-28)29(37)34-23-13-7-18-15-21(31)11-12-22(18)23/h5-6,8-12,14-16,23H,1-4,7,13H2,(H,34,37)(H,35,36)/t23-/m0/s1. The summed E-state index contributed by atoms with van der Waals surface area (Å²) >= 11 is 6.06. The Morgan fingerprint density at radius 1 is 1.00 bits per heavy atom. The molecule has 0 saturated carbocycles. The first kappa shape index (κ1) is 24.8.